The number of halogens is 5. The highest BCUT2D eigenvalue weighted by Gasteiger charge is 2.43. The van der Waals surface area contributed by atoms with Crippen molar-refractivity contribution in [1.29, 1.82) is 0 Å². The van der Waals surface area contributed by atoms with Gasteiger partial charge in [-0.3, -0.25) is 0 Å². The Kier molecular flexibility index (Phi) is 4.78. The first-order valence-corrected chi connectivity index (χ1v) is 5.28. The third kappa shape index (κ3) is 3.17. The molecule has 2 rings (SSSR count). The fraction of sp³-hybridized carbons (Fsp3) is 0.400. The van der Waals surface area contributed by atoms with Gasteiger partial charge in [-0.2, -0.15) is 13.2 Å². The molecular weight excluding hydrogens is 310 g/mol. The lowest BCUT2D eigenvalue weighted by molar-refractivity contribution is -0.210. The van der Waals surface area contributed by atoms with Crippen molar-refractivity contribution in [2.45, 2.75) is 18.3 Å². The summed E-state index contributed by atoms with van der Waals surface area (Å²) in [6.07, 6.45) is -7.52. The Bertz CT molecular complexity index is 470. The van der Waals surface area contributed by atoms with Crippen LogP contribution in [0.3, 0.4) is 0 Å². The van der Waals surface area contributed by atoms with Crippen molar-refractivity contribution in [3.05, 3.63) is 22.7 Å². The summed E-state index contributed by atoms with van der Waals surface area (Å²) in [4.78, 5) is 0. The number of ether oxygens (including phenoxy) is 2. The summed E-state index contributed by atoms with van der Waals surface area (Å²) >= 11 is 5.80. The summed E-state index contributed by atoms with van der Waals surface area (Å²) in [5.41, 5.74) is 5.32. The Hall–Kier alpha value is -0.890. The quantitative estimate of drug-likeness (QED) is 0.878. The number of nitrogens with two attached hydrogens (primary N) is 1. The molecule has 1 aromatic rings. The highest BCUT2D eigenvalue weighted by molar-refractivity contribution is 6.31. The molecule has 0 fully saturated rings. The smallest absolute Gasteiger partial charge is 0.416 e. The Balaban J connectivity index is 0.00000180. The zero-order valence-corrected chi connectivity index (χ0v) is 10.9. The van der Waals surface area contributed by atoms with Crippen LogP contribution in [-0.2, 0) is 0 Å². The molecule has 1 aliphatic rings. The summed E-state index contributed by atoms with van der Waals surface area (Å²) in [5, 5.41) is 9.08. The van der Waals surface area contributed by atoms with Gasteiger partial charge in [0.2, 0.25) is 6.79 Å². The van der Waals surface area contributed by atoms with Gasteiger partial charge in [0.15, 0.2) is 17.6 Å². The average molecular weight is 320 g/mol. The van der Waals surface area contributed by atoms with Crippen molar-refractivity contribution >= 4 is 24.0 Å². The number of rotatable bonds is 2. The normalized spacial score (nSPS) is 16.7. The molecular formula is C10H10Cl2F3NO3. The summed E-state index contributed by atoms with van der Waals surface area (Å²) < 4.78 is 47.1. The van der Waals surface area contributed by atoms with Crippen LogP contribution < -0.4 is 15.2 Å². The lowest BCUT2D eigenvalue weighted by atomic mass is 10.0. The van der Waals surface area contributed by atoms with Gasteiger partial charge in [0.1, 0.15) is 0 Å². The molecule has 1 heterocycles. The maximum Gasteiger partial charge on any atom is 0.416 e. The Morgan fingerprint density at radius 3 is 2.32 bits per heavy atom. The van der Waals surface area contributed by atoms with E-state index in [1.54, 1.807) is 0 Å². The van der Waals surface area contributed by atoms with Gasteiger partial charge in [0.25, 0.3) is 0 Å². The lowest BCUT2D eigenvalue weighted by Gasteiger charge is -2.22. The zero-order chi connectivity index (χ0) is 13.5. The fourth-order valence-electron chi connectivity index (χ4n) is 1.56. The molecule has 0 amide bonds. The lowest BCUT2D eigenvalue weighted by Crippen LogP contribution is -2.38. The van der Waals surface area contributed by atoms with Gasteiger partial charge in [-0.15, -0.1) is 12.4 Å². The second-order valence-corrected chi connectivity index (χ2v) is 4.15. The van der Waals surface area contributed by atoms with Crippen molar-refractivity contribution in [2.75, 3.05) is 6.79 Å². The highest BCUT2D eigenvalue weighted by Crippen LogP contribution is 2.40. The number of hydrogen-bond donors (Lipinski definition) is 2. The number of fused-ring (bicyclic) bond motifs is 1. The molecule has 3 N–H and O–H groups in total. The highest BCUT2D eigenvalue weighted by atomic mass is 35.5. The van der Waals surface area contributed by atoms with E-state index in [1.807, 2.05) is 0 Å². The van der Waals surface area contributed by atoms with Gasteiger partial charge < -0.3 is 20.3 Å². The molecule has 0 aliphatic carbocycles. The first kappa shape index (κ1) is 16.2. The molecule has 19 heavy (non-hydrogen) atoms. The molecule has 108 valence electrons. The van der Waals surface area contributed by atoms with Crippen LogP contribution in [0.1, 0.15) is 11.6 Å². The van der Waals surface area contributed by atoms with Crippen molar-refractivity contribution in [2.24, 2.45) is 5.73 Å². The van der Waals surface area contributed by atoms with Gasteiger partial charge >= 0.3 is 6.18 Å². The number of aliphatic hydroxyl groups is 1. The van der Waals surface area contributed by atoms with Gasteiger partial charge in [0.05, 0.1) is 6.04 Å². The Morgan fingerprint density at radius 1 is 1.26 bits per heavy atom. The van der Waals surface area contributed by atoms with Gasteiger partial charge in [0, 0.05) is 11.1 Å². The van der Waals surface area contributed by atoms with Gasteiger partial charge in [-0.25, -0.2) is 0 Å². The van der Waals surface area contributed by atoms with E-state index in [1.165, 1.54) is 12.1 Å². The molecule has 0 bridgehead atoms. The van der Waals surface area contributed by atoms with Crippen LogP contribution in [0.25, 0.3) is 0 Å². The van der Waals surface area contributed by atoms with Gasteiger partial charge in [-0.1, -0.05) is 11.6 Å². The number of alkyl halides is 3. The van der Waals surface area contributed by atoms with E-state index in [2.05, 4.69) is 0 Å². The average Bonchev–Trinajstić information content (AvgIpc) is 2.71. The van der Waals surface area contributed by atoms with E-state index in [9.17, 15) is 13.2 Å². The topological polar surface area (TPSA) is 64.7 Å². The fourth-order valence-corrected chi connectivity index (χ4v) is 1.84. The number of hydrogen-bond acceptors (Lipinski definition) is 4. The van der Waals surface area contributed by atoms with Crippen LogP contribution in [0.15, 0.2) is 12.1 Å². The largest absolute Gasteiger partial charge is 0.454 e. The maximum atomic E-state index is 12.4. The van der Waals surface area contributed by atoms with Crippen molar-refractivity contribution in [3.8, 4) is 11.5 Å². The third-order valence-electron chi connectivity index (χ3n) is 2.53. The van der Waals surface area contributed by atoms with Crippen LogP contribution in [0.5, 0.6) is 11.5 Å². The van der Waals surface area contributed by atoms with Crippen LogP contribution in [0.2, 0.25) is 5.02 Å². The Morgan fingerprint density at radius 2 is 1.79 bits per heavy atom. The summed E-state index contributed by atoms with van der Waals surface area (Å²) in [7, 11) is 0. The summed E-state index contributed by atoms with van der Waals surface area (Å²) in [5.74, 6) is 0.580. The minimum Gasteiger partial charge on any atom is -0.454 e. The second-order valence-electron chi connectivity index (χ2n) is 3.74. The second kappa shape index (κ2) is 5.62. The van der Waals surface area contributed by atoms with Crippen molar-refractivity contribution in [1.82, 2.24) is 0 Å². The van der Waals surface area contributed by atoms with Crippen LogP contribution >= 0.6 is 24.0 Å². The predicted molar refractivity (Wildman–Crippen MR) is 63.8 cm³/mol. The number of aliphatic hydroxyl groups excluding tert-OH is 1. The molecule has 4 nitrogen and oxygen atoms in total. The van der Waals surface area contributed by atoms with E-state index >= 15 is 0 Å². The van der Waals surface area contributed by atoms with E-state index < -0.39 is 18.3 Å². The SMILES string of the molecule is Cl.N[C@H](c1cc2c(cc1Cl)OCO2)[C@@H](O)C(F)(F)F. The van der Waals surface area contributed by atoms with E-state index in [0.717, 1.165) is 0 Å². The van der Waals surface area contributed by atoms with Crippen LogP contribution in [0.4, 0.5) is 13.2 Å². The molecule has 2 atom stereocenters. The van der Waals surface area contributed by atoms with Crippen LogP contribution in [-0.4, -0.2) is 24.2 Å². The molecule has 9 heteroatoms. The molecule has 0 radical (unpaired) electrons. The van der Waals surface area contributed by atoms with Gasteiger partial charge in [-0.05, 0) is 11.6 Å². The van der Waals surface area contributed by atoms with Crippen LogP contribution in [0, 0.1) is 0 Å². The number of benzene rings is 1. The third-order valence-corrected chi connectivity index (χ3v) is 2.85. The zero-order valence-electron chi connectivity index (χ0n) is 9.28. The standard InChI is InChI=1S/C10H9ClF3NO3.ClH/c11-5-2-7-6(17-3-18-7)1-4(5)8(15)9(16)10(12,13)14;/h1-2,8-9,16H,3,15H2;1H/t8-,9-;/m1./s1. The molecule has 0 spiro atoms. The molecule has 0 saturated carbocycles. The maximum absolute atomic E-state index is 12.4. The molecule has 0 saturated heterocycles. The first-order valence-electron chi connectivity index (χ1n) is 4.90. The molecule has 0 aromatic heterocycles. The Labute approximate surface area is 117 Å². The van der Waals surface area contributed by atoms with Crippen molar-refractivity contribution < 1.29 is 27.8 Å². The summed E-state index contributed by atoms with van der Waals surface area (Å²) in [6, 6.07) is 0.860. The molecule has 1 aromatic carbocycles. The van der Waals surface area contributed by atoms with E-state index in [0.29, 0.717) is 5.75 Å². The van der Waals surface area contributed by atoms with E-state index in [-0.39, 0.29) is 35.5 Å². The summed E-state index contributed by atoms with van der Waals surface area (Å²) in [6.45, 7) is -0.0355. The van der Waals surface area contributed by atoms with E-state index in [4.69, 9.17) is 31.9 Å². The molecule has 1 aliphatic heterocycles. The minimum atomic E-state index is -4.82. The monoisotopic (exact) mass is 319 g/mol. The predicted octanol–water partition coefficient (Wildman–Crippen LogP) is 2.41. The first-order chi connectivity index (χ1) is 8.30. The van der Waals surface area contributed by atoms with Crippen molar-refractivity contribution in [3.63, 3.8) is 0 Å². The minimum absolute atomic E-state index is 0. The molecule has 0 unspecified atom stereocenters.